The van der Waals surface area contributed by atoms with E-state index < -0.39 is 5.91 Å². The molecule has 1 heterocycles. The van der Waals surface area contributed by atoms with Gasteiger partial charge in [0.25, 0.3) is 5.91 Å². The number of para-hydroxylation sites is 1. The number of fused-ring (bicyclic) bond motifs is 1. The smallest absolute Gasteiger partial charge is 0.261 e. The van der Waals surface area contributed by atoms with Crippen LogP contribution in [0.2, 0.25) is 0 Å². The lowest BCUT2D eigenvalue weighted by Gasteiger charge is -2.12. The lowest BCUT2D eigenvalue weighted by molar-refractivity contribution is 0.102. The normalized spacial score (nSPS) is 10.7. The van der Waals surface area contributed by atoms with Gasteiger partial charge in [-0.05, 0) is 43.7 Å². The number of aryl methyl sites for hydroxylation is 2. The molecule has 0 saturated carbocycles. The topological polar surface area (TPSA) is 60.3 Å². The molecule has 0 radical (unpaired) electrons. The number of carbonyl (C=O) groups is 1. The first kappa shape index (κ1) is 16.8. The maximum absolute atomic E-state index is 12.8. The van der Waals surface area contributed by atoms with Gasteiger partial charge in [-0.3, -0.25) is 9.59 Å². The summed E-state index contributed by atoms with van der Waals surface area (Å²) in [4.78, 5) is 25.5. The molecule has 5 nitrogen and oxygen atoms in total. The summed E-state index contributed by atoms with van der Waals surface area (Å²) in [5, 5.41) is 3.28. The van der Waals surface area contributed by atoms with Gasteiger partial charge in [-0.2, -0.15) is 0 Å². The minimum Gasteiger partial charge on any atom is -0.494 e. The molecular weight excluding hydrogens is 316 g/mol. The first-order valence-corrected chi connectivity index (χ1v) is 8.14. The number of nitrogens with zero attached hydrogens (tertiary/aromatic N) is 1. The first-order valence-electron chi connectivity index (χ1n) is 8.14. The third-order valence-electron chi connectivity index (χ3n) is 4.11. The summed E-state index contributed by atoms with van der Waals surface area (Å²) in [6.45, 7) is 4.30. The van der Waals surface area contributed by atoms with Gasteiger partial charge in [0, 0.05) is 18.9 Å². The van der Waals surface area contributed by atoms with Crippen molar-refractivity contribution in [3.63, 3.8) is 0 Å². The molecule has 128 valence electrons. The SMILES string of the molecule is CCOc1ccc2c(c1)c(=O)c(C(=O)Nc1ccccc1C)cn2C. The third-order valence-corrected chi connectivity index (χ3v) is 4.11. The molecule has 0 spiro atoms. The Balaban J connectivity index is 2.07. The number of anilines is 1. The van der Waals surface area contributed by atoms with E-state index in [-0.39, 0.29) is 11.0 Å². The summed E-state index contributed by atoms with van der Waals surface area (Å²) in [5.41, 5.74) is 2.18. The molecule has 5 heteroatoms. The third kappa shape index (κ3) is 3.26. The molecule has 3 rings (SSSR count). The standard InChI is InChI=1S/C20H20N2O3/c1-4-25-14-9-10-18-15(11-14)19(23)16(12-22(18)3)20(24)21-17-8-6-5-7-13(17)2/h5-12H,4H2,1-3H3,(H,21,24). The number of hydrogen-bond acceptors (Lipinski definition) is 3. The number of ether oxygens (including phenoxy) is 1. The Kier molecular flexibility index (Phi) is 4.57. The fourth-order valence-corrected chi connectivity index (χ4v) is 2.79. The molecule has 0 bridgehead atoms. The molecule has 0 atom stereocenters. The average Bonchev–Trinajstić information content (AvgIpc) is 2.60. The van der Waals surface area contributed by atoms with Crippen LogP contribution in [0, 0.1) is 6.92 Å². The van der Waals surface area contributed by atoms with Gasteiger partial charge in [0.15, 0.2) is 0 Å². The molecule has 0 fully saturated rings. The average molecular weight is 336 g/mol. The van der Waals surface area contributed by atoms with Gasteiger partial charge in [0.05, 0.1) is 17.5 Å². The van der Waals surface area contributed by atoms with E-state index in [1.165, 1.54) is 0 Å². The highest BCUT2D eigenvalue weighted by Gasteiger charge is 2.16. The maximum Gasteiger partial charge on any atom is 0.261 e. The summed E-state index contributed by atoms with van der Waals surface area (Å²) in [7, 11) is 1.81. The first-order chi connectivity index (χ1) is 12.0. The number of hydrogen-bond donors (Lipinski definition) is 1. The maximum atomic E-state index is 12.8. The Morgan fingerprint density at radius 1 is 1.20 bits per heavy atom. The van der Waals surface area contributed by atoms with Crippen LogP contribution in [0.4, 0.5) is 5.69 Å². The second-order valence-electron chi connectivity index (χ2n) is 5.86. The highest BCUT2D eigenvalue weighted by atomic mass is 16.5. The highest BCUT2D eigenvalue weighted by molar-refractivity contribution is 6.06. The van der Waals surface area contributed by atoms with Gasteiger partial charge < -0.3 is 14.6 Å². The van der Waals surface area contributed by atoms with Crippen LogP contribution in [0.15, 0.2) is 53.5 Å². The zero-order valence-electron chi connectivity index (χ0n) is 14.5. The summed E-state index contributed by atoms with van der Waals surface area (Å²) >= 11 is 0. The fourth-order valence-electron chi connectivity index (χ4n) is 2.79. The molecule has 1 N–H and O–H groups in total. The minimum absolute atomic E-state index is 0.104. The van der Waals surface area contributed by atoms with Crippen LogP contribution in [-0.4, -0.2) is 17.1 Å². The van der Waals surface area contributed by atoms with Gasteiger partial charge in [-0.15, -0.1) is 0 Å². The van der Waals surface area contributed by atoms with E-state index in [0.29, 0.717) is 23.4 Å². The van der Waals surface area contributed by atoms with E-state index in [1.54, 1.807) is 16.8 Å². The minimum atomic E-state index is -0.418. The largest absolute Gasteiger partial charge is 0.494 e. The van der Waals surface area contributed by atoms with Crippen LogP contribution in [-0.2, 0) is 7.05 Å². The van der Waals surface area contributed by atoms with Gasteiger partial charge in [-0.1, -0.05) is 18.2 Å². The number of rotatable bonds is 4. The van der Waals surface area contributed by atoms with E-state index in [0.717, 1.165) is 11.1 Å². The summed E-state index contributed by atoms with van der Waals surface area (Å²) in [6.07, 6.45) is 1.57. The zero-order chi connectivity index (χ0) is 18.0. The van der Waals surface area contributed by atoms with Crippen molar-refractivity contribution in [2.45, 2.75) is 13.8 Å². The number of amides is 1. The molecule has 0 aliphatic carbocycles. The van der Waals surface area contributed by atoms with Crippen molar-refractivity contribution in [2.24, 2.45) is 7.05 Å². The van der Waals surface area contributed by atoms with Crippen molar-refractivity contribution in [1.29, 1.82) is 0 Å². The summed E-state index contributed by atoms with van der Waals surface area (Å²) < 4.78 is 7.25. The van der Waals surface area contributed by atoms with Crippen molar-refractivity contribution < 1.29 is 9.53 Å². The van der Waals surface area contributed by atoms with Crippen molar-refractivity contribution in [3.8, 4) is 5.75 Å². The van der Waals surface area contributed by atoms with E-state index in [1.807, 2.05) is 57.3 Å². The van der Waals surface area contributed by atoms with E-state index in [4.69, 9.17) is 4.74 Å². The predicted molar refractivity (Wildman–Crippen MR) is 99.5 cm³/mol. The van der Waals surface area contributed by atoms with Gasteiger partial charge >= 0.3 is 0 Å². The predicted octanol–water partition coefficient (Wildman–Crippen LogP) is 3.50. The fraction of sp³-hybridized carbons (Fsp3) is 0.200. The molecular formula is C20H20N2O3. The van der Waals surface area contributed by atoms with Crippen LogP contribution in [0.3, 0.4) is 0 Å². The number of aromatic nitrogens is 1. The Morgan fingerprint density at radius 3 is 2.68 bits per heavy atom. The molecule has 0 aliphatic heterocycles. The lowest BCUT2D eigenvalue weighted by atomic mass is 10.1. The van der Waals surface area contributed by atoms with Crippen molar-refractivity contribution >= 4 is 22.5 Å². The summed E-state index contributed by atoms with van der Waals surface area (Å²) in [6, 6.07) is 12.8. The number of nitrogens with one attached hydrogen (secondary N) is 1. The molecule has 2 aromatic carbocycles. The van der Waals surface area contributed by atoms with Gasteiger partial charge in [0.1, 0.15) is 11.3 Å². The second kappa shape index (κ2) is 6.81. The highest BCUT2D eigenvalue weighted by Crippen LogP contribution is 2.20. The van der Waals surface area contributed by atoms with Crippen molar-refractivity contribution in [3.05, 3.63) is 70.0 Å². The van der Waals surface area contributed by atoms with Crippen molar-refractivity contribution in [2.75, 3.05) is 11.9 Å². The van der Waals surface area contributed by atoms with E-state index >= 15 is 0 Å². The second-order valence-corrected chi connectivity index (χ2v) is 5.86. The Bertz CT molecular complexity index is 1010. The molecule has 0 saturated heterocycles. The lowest BCUT2D eigenvalue weighted by Crippen LogP contribution is -2.23. The van der Waals surface area contributed by atoms with Crippen LogP contribution >= 0.6 is 0 Å². The number of carbonyl (C=O) groups excluding carboxylic acids is 1. The molecule has 3 aromatic rings. The molecule has 0 aliphatic rings. The summed E-state index contributed by atoms with van der Waals surface area (Å²) in [5.74, 6) is 0.196. The number of benzene rings is 2. The molecule has 1 aromatic heterocycles. The number of pyridine rings is 1. The van der Waals surface area contributed by atoms with Crippen LogP contribution < -0.4 is 15.5 Å². The molecule has 25 heavy (non-hydrogen) atoms. The monoisotopic (exact) mass is 336 g/mol. The zero-order valence-corrected chi connectivity index (χ0v) is 14.5. The Morgan fingerprint density at radius 2 is 1.96 bits per heavy atom. The van der Waals surface area contributed by atoms with Crippen LogP contribution in [0.25, 0.3) is 10.9 Å². The van der Waals surface area contributed by atoms with Crippen LogP contribution in [0.1, 0.15) is 22.8 Å². The quantitative estimate of drug-likeness (QED) is 0.793. The van der Waals surface area contributed by atoms with E-state index in [2.05, 4.69) is 5.32 Å². The Labute approximate surface area is 145 Å². The molecule has 1 amide bonds. The molecule has 0 unspecified atom stereocenters. The van der Waals surface area contributed by atoms with Crippen LogP contribution in [0.5, 0.6) is 5.75 Å². The van der Waals surface area contributed by atoms with Crippen molar-refractivity contribution in [1.82, 2.24) is 4.57 Å². The van der Waals surface area contributed by atoms with Gasteiger partial charge in [0.2, 0.25) is 5.43 Å². The van der Waals surface area contributed by atoms with Gasteiger partial charge in [-0.25, -0.2) is 0 Å². The van der Waals surface area contributed by atoms with E-state index in [9.17, 15) is 9.59 Å². The Hall–Kier alpha value is -3.08.